The predicted octanol–water partition coefficient (Wildman–Crippen LogP) is 1.97. The molecule has 0 aromatic heterocycles. The molecule has 0 spiro atoms. The molecule has 130 valence electrons. The maximum absolute atomic E-state index is 13.8. The molecule has 1 amide bonds. The molecule has 0 saturated carbocycles. The van der Waals surface area contributed by atoms with Crippen molar-refractivity contribution < 1.29 is 18.7 Å². The number of hydrogen-bond donors (Lipinski definition) is 1. The molecule has 2 N–H and O–H groups in total. The van der Waals surface area contributed by atoms with Crippen LogP contribution < -0.4 is 5.73 Å². The van der Waals surface area contributed by atoms with E-state index in [4.69, 9.17) is 15.2 Å². The second-order valence-corrected chi connectivity index (χ2v) is 5.38. The molecular formula is C16H24ClFN2O3. The molecule has 1 aliphatic rings. The first kappa shape index (κ1) is 19.8. The van der Waals surface area contributed by atoms with E-state index in [2.05, 4.69) is 0 Å². The van der Waals surface area contributed by atoms with Gasteiger partial charge in [0.15, 0.2) is 0 Å². The fourth-order valence-electron chi connectivity index (χ4n) is 2.66. The molecule has 0 bridgehead atoms. The molecule has 1 aromatic rings. The minimum absolute atomic E-state index is 0. The Morgan fingerprint density at radius 1 is 1.43 bits per heavy atom. The Balaban J connectivity index is 0.00000264. The van der Waals surface area contributed by atoms with E-state index in [1.165, 1.54) is 12.1 Å². The average Bonchev–Trinajstić information content (AvgIpc) is 3.01. The minimum atomic E-state index is -0.370. The summed E-state index contributed by atoms with van der Waals surface area (Å²) in [6.07, 6.45) is 1.89. The third kappa shape index (κ3) is 5.14. The highest BCUT2D eigenvalue weighted by atomic mass is 35.5. The first-order chi connectivity index (χ1) is 10.7. The summed E-state index contributed by atoms with van der Waals surface area (Å²) >= 11 is 0. The van der Waals surface area contributed by atoms with E-state index in [-0.39, 0.29) is 36.8 Å². The van der Waals surface area contributed by atoms with Crippen LogP contribution >= 0.6 is 12.4 Å². The number of rotatable bonds is 7. The van der Waals surface area contributed by atoms with Crippen LogP contribution in [0.4, 0.5) is 4.39 Å². The van der Waals surface area contributed by atoms with Gasteiger partial charge in [-0.1, -0.05) is 0 Å². The molecule has 1 heterocycles. The van der Waals surface area contributed by atoms with E-state index in [0.29, 0.717) is 37.4 Å². The van der Waals surface area contributed by atoms with Gasteiger partial charge in [-0.2, -0.15) is 0 Å². The Hall–Kier alpha value is -1.21. The number of nitrogens with two attached hydrogens (primary N) is 1. The maximum atomic E-state index is 13.8. The number of likely N-dealkylation sites (tertiary alicyclic amines) is 1. The zero-order valence-corrected chi connectivity index (χ0v) is 14.1. The van der Waals surface area contributed by atoms with Crippen LogP contribution in [0.1, 0.15) is 28.8 Å². The third-order valence-corrected chi connectivity index (χ3v) is 3.89. The number of carbonyl (C=O) groups is 1. The van der Waals surface area contributed by atoms with Crippen LogP contribution in [0.15, 0.2) is 18.2 Å². The van der Waals surface area contributed by atoms with Crippen LogP contribution in [0.3, 0.4) is 0 Å². The Bertz CT molecular complexity index is 516. The van der Waals surface area contributed by atoms with Crippen LogP contribution in [0.5, 0.6) is 0 Å². The molecule has 5 nitrogen and oxygen atoms in total. The summed E-state index contributed by atoms with van der Waals surface area (Å²) in [6.45, 7) is 2.12. The highest BCUT2D eigenvalue weighted by Crippen LogP contribution is 2.21. The number of carbonyl (C=O) groups excluding carboxylic acids is 1. The fraction of sp³-hybridized carbons (Fsp3) is 0.562. The summed E-state index contributed by atoms with van der Waals surface area (Å²) in [5.74, 6) is -0.461. The van der Waals surface area contributed by atoms with Crippen LogP contribution in [0.25, 0.3) is 0 Å². The summed E-state index contributed by atoms with van der Waals surface area (Å²) in [6, 6.07) is 4.48. The van der Waals surface area contributed by atoms with E-state index in [1.54, 1.807) is 18.1 Å². The lowest BCUT2D eigenvalue weighted by Gasteiger charge is -2.23. The quantitative estimate of drug-likeness (QED) is 0.767. The Labute approximate surface area is 142 Å². The van der Waals surface area contributed by atoms with Gasteiger partial charge in [-0.25, -0.2) is 4.39 Å². The van der Waals surface area contributed by atoms with Crippen molar-refractivity contribution in [1.29, 1.82) is 0 Å². The Morgan fingerprint density at radius 3 is 2.91 bits per heavy atom. The summed E-state index contributed by atoms with van der Waals surface area (Å²) < 4.78 is 24.0. The SMILES string of the molecule is COCCOCc1cc(C(=O)N2CCCC2CN)ccc1F.Cl. The summed E-state index contributed by atoms with van der Waals surface area (Å²) in [7, 11) is 1.58. The highest BCUT2D eigenvalue weighted by molar-refractivity contribution is 5.94. The predicted molar refractivity (Wildman–Crippen MR) is 88.3 cm³/mol. The number of amides is 1. The van der Waals surface area contributed by atoms with E-state index >= 15 is 0 Å². The summed E-state index contributed by atoms with van der Waals surface area (Å²) in [5.41, 5.74) is 6.56. The number of nitrogens with zero attached hydrogens (tertiary/aromatic N) is 1. The smallest absolute Gasteiger partial charge is 0.254 e. The number of benzene rings is 1. The van der Waals surface area contributed by atoms with Crippen LogP contribution in [-0.4, -0.2) is 50.3 Å². The van der Waals surface area contributed by atoms with Gasteiger partial charge in [-0.05, 0) is 31.0 Å². The normalized spacial score (nSPS) is 17.2. The van der Waals surface area contributed by atoms with Crippen molar-refractivity contribution in [2.24, 2.45) is 5.73 Å². The van der Waals surface area contributed by atoms with Crippen LogP contribution in [-0.2, 0) is 16.1 Å². The van der Waals surface area contributed by atoms with E-state index < -0.39 is 0 Å². The molecule has 1 fully saturated rings. The number of methoxy groups -OCH3 is 1. The van der Waals surface area contributed by atoms with Gasteiger partial charge in [0.25, 0.3) is 5.91 Å². The van der Waals surface area contributed by atoms with Gasteiger partial charge in [-0.3, -0.25) is 4.79 Å². The van der Waals surface area contributed by atoms with Crippen molar-refractivity contribution in [3.63, 3.8) is 0 Å². The first-order valence-electron chi connectivity index (χ1n) is 7.53. The second-order valence-electron chi connectivity index (χ2n) is 5.38. The van der Waals surface area contributed by atoms with Gasteiger partial charge in [0, 0.05) is 37.4 Å². The van der Waals surface area contributed by atoms with Crippen molar-refractivity contribution in [3.05, 3.63) is 35.1 Å². The third-order valence-electron chi connectivity index (χ3n) is 3.89. The molecule has 0 aliphatic carbocycles. The molecule has 23 heavy (non-hydrogen) atoms. The summed E-state index contributed by atoms with van der Waals surface area (Å²) in [4.78, 5) is 14.3. The summed E-state index contributed by atoms with van der Waals surface area (Å²) in [5, 5.41) is 0. The second kappa shape index (κ2) is 9.82. The van der Waals surface area contributed by atoms with E-state index in [9.17, 15) is 9.18 Å². The Morgan fingerprint density at radius 2 is 2.22 bits per heavy atom. The van der Waals surface area contributed by atoms with Gasteiger partial charge in [-0.15, -0.1) is 12.4 Å². The largest absolute Gasteiger partial charge is 0.382 e. The van der Waals surface area contributed by atoms with Gasteiger partial charge >= 0.3 is 0 Å². The topological polar surface area (TPSA) is 64.8 Å². The molecule has 1 aliphatic heterocycles. The molecule has 1 unspecified atom stereocenters. The van der Waals surface area contributed by atoms with Crippen molar-refractivity contribution in [1.82, 2.24) is 4.90 Å². The van der Waals surface area contributed by atoms with Crippen LogP contribution in [0, 0.1) is 5.82 Å². The molecule has 2 rings (SSSR count). The molecule has 7 heteroatoms. The fourth-order valence-corrected chi connectivity index (χ4v) is 2.66. The van der Waals surface area contributed by atoms with Gasteiger partial charge in [0.05, 0.1) is 19.8 Å². The van der Waals surface area contributed by atoms with Gasteiger partial charge < -0.3 is 20.1 Å². The van der Waals surface area contributed by atoms with E-state index in [0.717, 1.165) is 12.8 Å². The lowest BCUT2D eigenvalue weighted by atomic mass is 10.1. The molecular weight excluding hydrogens is 323 g/mol. The van der Waals surface area contributed by atoms with Gasteiger partial charge in [0.2, 0.25) is 0 Å². The zero-order chi connectivity index (χ0) is 15.9. The number of hydrogen-bond acceptors (Lipinski definition) is 4. The van der Waals surface area contributed by atoms with Crippen molar-refractivity contribution in [2.75, 3.05) is 33.4 Å². The number of ether oxygens (including phenoxy) is 2. The highest BCUT2D eigenvalue weighted by Gasteiger charge is 2.28. The van der Waals surface area contributed by atoms with Crippen molar-refractivity contribution in [2.45, 2.75) is 25.5 Å². The van der Waals surface area contributed by atoms with Crippen LogP contribution in [0.2, 0.25) is 0 Å². The van der Waals surface area contributed by atoms with E-state index in [1.807, 2.05) is 0 Å². The first-order valence-corrected chi connectivity index (χ1v) is 7.53. The minimum Gasteiger partial charge on any atom is -0.382 e. The molecule has 1 atom stereocenters. The lowest BCUT2D eigenvalue weighted by molar-refractivity contribution is 0.0602. The average molecular weight is 347 g/mol. The number of halogens is 2. The monoisotopic (exact) mass is 346 g/mol. The standard InChI is InChI=1S/C16H23FN2O3.ClH/c1-21-7-8-22-11-13-9-12(4-5-15(13)17)16(20)19-6-2-3-14(19)10-18;/h4-5,9,14H,2-3,6-8,10-11,18H2,1H3;1H. The van der Waals surface area contributed by atoms with Crippen molar-refractivity contribution >= 4 is 18.3 Å². The molecule has 1 aromatic carbocycles. The zero-order valence-electron chi connectivity index (χ0n) is 13.3. The molecule has 1 saturated heterocycles. The molecule has 0 radical (unpaired) electrons. The van der Waals surface area contributed by atoms with Gasteiger partial charge in [0.1, 0.15) is 5.82 Å². The van der Waals surface area contributed by atoms with Crippen molar-refractivity contribution in [3.8, 4) is 0 Å². The lowest BCUT2D eigenvalue weighted by Crippen LogP contribution is -2.39. The Kier molecular flexibility index (Phi) is 8.47. The maximum Gasteiger partial charge on any atom is 0.254 e.